The van der Waals surface area contributed by atoms with Crippen LogP contribution in [0.4, 0.5) is 0 Å². The maximum atomic E-state index is 12.3. The highest BCUT2D eigenvalue weighted by Gasteiger charge is 2.38. The smallest absolute Gasteiger partial charge is 0.244 e. The first-order valence-corrected chi connectivity index (χ1v) is 7.84. The first kappa shape index (κ1) is 15.3. The van der Waals surface area contributed by atoms with E-state index in [0.717, 1.165) is 6.42 Å². The molecule has 1 heterocycles. The minimum Gasteiger partial charge on any atom is -0.344 e. The van der Waals surface area contributed by atoms with Gasteiger partial charge in [0.25, 0.3) is 0 Å². The van der Waals surface area contributed by atoms with Crippen molar-refractivity contribution in [1.82, 2.24) is 15.5 Å². The molecule has 2 aliphatic rings. The number of fused-ring (bicyclic) bond motifs is 1. The highest BCUT2D eigenvalue weighted by molar-refractivity contribution is 5.89. The molecule has 2 amide bonds. The standard InChI is InChI=1S/C15H27N3O2/c1-4-18(3)15(20)10(2)16-14(19)13-9-11-7-5-6-8-12(11)17-13/h10-13,17H,4-9H2,1-3H3,(H,16,19). The number of likely N-dealkylation sites (N-methyl/N-ethyl adjacent to an activating group) is 1. The summed E-state index contributed by atoms with van der Waals surface area (Å²) in [7, 11) is 1.76. The Morgan fingerprint density at radius 1 is 1.35 bits per heavy atom. The molecule has 0 spiro atoms. The molecule has 4 unspecified atom stereocenters. The Kier molecular flexibility index (Phi) is 5.02. The Bertz CT molecular complexity index is 358. The van der Waals surface area contributed by atoms with Gasteiger partial charge in [-0.3, -0.25) is 9.59 Å². The molecule has 2 rings (SSSR count). The molecule has 1 saturated carbocycles. The van der Waals surface area contributed by atoms with Crippen LogP contribution >= 0.6 is 0 Å². The average molecular weight is 281 g/mol. The van der Waals surface area contributed by atoms with Gasteiger partial charge >= 0.3 is 0 Å². The third-order valence-corrected chi connectivity index (χ3v) is 4.76. The van der Waals surface area contributed by atoms with Gasteiger partial charge in [-0.25, -0.2) is 0 Å². The second-order valence-electron chi connectivity index (χ2n) is 6.19. The van der Waals surface area contributed by atoms with Crippen molar-refractivity contribution in [3.8, 4) is 0 Å². The Balaban J connectivity index is 1.84. The molecule has 0 radical (unpaired) electrons. The molecule has 1 saturated heterocycles. The van der Waals surface area contributed by atoms with Gasteiger partial charge in [-0.1, -0.05) is 12.8 Å². The first-order valence-electron chi connectivity index (χ1n) is 7.84. The second-order valence-corrected chi connectivity index (χ2v) is 6.19. The predicted molar refractivity (Wildman–Crippen MR) is 78.2 cm³/mol. The van der Waals surface area contributed by atoms with E-state index in [4.69, 9.17) is 0 Å². The summed E-state index contributed by atoms with van der Waals surface area (Å²) in [6.07, 6.45) is 5.88. The molecule has 0 aromatic rings. The van der Waals surface area contributed by atoms with E-state index in [1.807, 2.05) is 6.92 Å². The molecule has 5 nitrogen and oxygen atoms in total. The highest BCUT2D eigenvalue weighted by atomic mass is 16.2. The van der Waals surface area contributed by atoms with Crippen LogP contribution in [-0.4, -0.2) is 48.4 Å². The summed E-state index contributed by atoms with van der Waals surface area (Å²) in [5.74, 6) is 0.588. The third kappa shape index (κ3) is 3.32. The van der Waals surface area contributed by atoms with E-state index in [2.05, 4.69) is 10.6 Å². The number of nitrogens with one attached hydrogen (secondary N) is 2. The monoisotopic (exact) mass is 281 g/mol. The summed E-state index contributed by atoms with van der Waals surface area (Å²) in [6, 6.07) is -0.0639. The van der Waals surface area contributed by atoms with Crippen molar-refractivity contribution in [1.29, 1.82) is 0 Å². The van der Waals surface area contributed by atoms with E-state index in [-0.39, 0.29) is 17.9 Å². The normalized spacial score (nSPS) is 30.4. The zero-order valence-corrected chi connectivity index (χ0v) is 12.8. The largest absolute Gasteiger partial charge is 0.344 e. The first-order chi connectivity index (χ1) is 9.52. The third-order valence-electron chi connectivity index (χ3n) is 4.76. The lowest BCUT2D eigenvalue weighted by Crippen LogP contribution is -2.51. The van der Waals surface area contributed by atoms with Crippen LogP contribution in [0, 0.1) is 5.92 Å². The fourth-order valence-corrected chi connectivity index (χ4v) is 3.38. The molecular formula is C15H27N3O2. The molecule has 1 aliphatic heterocycles. The molecular weight excluding hydrogens is 254 g/mol. The van der Waals surface area contributed by atoms with Gasteiger partial charge in [0.2, 0.25) is 11.8 Å². The second kappa shape index (κ2) is 6.57. The maximum Gasteiger partial charge on any atom is 0.244 e. The van der Waals surface area contributed by atoms with Gasteiger partial charge in [0.05, 0.1) is 6.04 Å². The minimum atomic E-state index is -0.447. The number of carbonyl (C=O) groups is 2. The van der Waals surface area contributed by atoms with Crippen LogP contribution in [0.2, 0.25) is 0 Å². The van der Waals surface area contributed by atoms with Gasteiger partial charge < -0.3 is 15.5 Å². The molecule has 114 valence electrons. The SMILES string of the molecule is CCN(C)C(=O)C(C)NC(=O)C1CC2CCCCC2N1. The zero-order valence-electron chi connectivity index (χ0n) is 12.8. The van der Waals surface area contributed by atoms with E-state index in [0.29, 0.717) is 18.5 Å². The van der Waals surface area contributed by atoms with Crippen molar-refractivity contribution in [2.75, 3.05) is 13.6 Å². The van der Waals surface area contributed by atoms with E-state index in [1.54, 1.807) is 18.9 Å². The lowest BCUT2D eigenvalue weighted by atomic mass is 9.85. The summed E-state index contributed by atoms with van der Waals surface area (Å²) >= 11 is 0. The van der Waals surface area contributed by atoms with Gasteiger partial charge in [0.1, 0.15) is 6.04 Å². The quantitative estimate of drug-likeness (QED) is 0.804. The Labute approximate surface area is 121 Å². The number of rotatable bonds is 4. The number of hydrogen-bond donors (Lipinski definition) is 2. The van der Waals surface area contributed by atoms with E-state index in [1.165, 1.54) is 25.7 Å². The highest BCUT2D eigenvalue weighted by Crippen LogP contribution is 2.33. The van der Waals surface area contributed by atoms with Crippen LogP contribution in [-0.2, 0) is 9.59 Å². The zero-order chi connectivity index (χ0) is 14.7. The molecule has 0 aromatic heterocycles. The van der Waals surface area contributed by atoms with E-state index in [9.17, 15) is 9.59 Å². The maximum absolute atomic E-state index is 12.3. The van der Waals surface area contributed by atoms with Crippen molar-refractivity contribution in [3.05, 3.63) is 0 Å². The van der Waals surface area contributed by atoms with Crippen LogP contribution in [0.3, 0.4) is 0 Å². The number of nitrogens with zero attached hydrogens (tertiary/aromatic N) is 1. The fourth-order valence-electron chi connectivity index (χ4n) is 3.38. The van der Waals surface area contributed by atoms with E-state index >= 15 is 0 Å². The number of carbonyl (C=O) groups excluding carboxylic acids is 2. The van der Waals surface area contributed by atoms with Crippen LogP contribution in [0.1, 0.15) is 46.0 Å². The van der Waals surface area contributed by atoms with Crippen LogP contribution < -0.4 is 10.6 Å². The van der Waals surface area contributed by atoms with Crippen molar-refractivity contribution >= 4 is 11.8 Å². The Hall–Kier alpha value is -1.10. The topological polar surface area (TPSA) is 61.4 Å². The molecule has 20 heavy (non-hydrogen) atoms. The summed E-state index contributed by atoms with van der Waals surface area (Å²) in [5.41, 5.74) is 0. The molecule has 1 aliphatic carbocycles. The summed E-state index contributed by atoms with van der Waals surface area (Å²) < 4.78 is 0. The van der Waals surface area contributed by atoms with Crippen LogP contribution in [0.15, 0.2) is 0 Å². The van der Waals surface area contributed by atoms with Gasteiger partial charge in [-0.2, -0.15) is 0 Å². The van der Waals surface area contributed by atoms with Gasteiger partial charge in [-0.15, -0.1) is 0 Å². The molecule has 4 atom stereocenters. The van der Waals surface area contributed by atoms with Crippen molar-refractivity contribution < 1.29 is 9.59 Å². The van der Waals surface area contributed by atoms with Crippen LogP contribution in [0.25, 0.3) is 0 Å². The molecule has 5 heteroatoms. The minimum absolute atomic E-state index is 0.0234. The number of amides is 2. The molecule has 0 bridgehead atoms. The van der Waals surface area contributed by atoms with E-state index < -0.39 is 6.04 Å². The summed E-state index contributed by atoms with van der Waals surface area (Å²) in [6.45, 7) is 4.34. The van der Waals surface area contributed by atoms with Crippen molar-refractivity contribution in [2.24, 2.45) is 5.92 Å². The summed E-state index contributed by atoms with van der Waals surface area (Å²) in [5, 5.41) is 6.30. The molecule has 2 N–H and O–H groups in total. The lowest BCUT2D eigenvalue weighted by molar-refractivity contribution is -0.135. The van der Waals surface area contributed by atoms with Crippen LogP contribution in [0.5, 0.6) is 0 Å². The fraction of sp³-hybridized carbons (Fsp3) is 0.867. The molecule has 2 fully saturated rings. The average Bonchev–Trinajstić information content (AvgIpc) is 2.89. The number of hydrogen-bond acceptors (Lipinski definition) is 3. The Morgan fingerprint density at radius 3 is 2.70 bits per heavy atom. The van der Waals surface area contributed by atoms with Crippen molar-refractivity contribution in [3.63, 3.8) is 0 Å². The van der Waals surface area contributed by atoms with Gasteiger partial charge in [0, 0.05) is 19.6 Å². The van der Waals surface area contributed by atoms with Gasteiger partial charge in [0.15, 0.2) is 0 Å². The lowest BCUT2D eigenvalue weighted by Gasteiger charge is -2.24. The van der Waals surface area contributed by atoms with Crippen molar-refractivity contribution in [2.45, 2.75) is 64.1 Å². The predicted octanol–water partition coefficient (Wildman–Crippen LogP) is 0.890. The molecule has 0 aromatic carbocycles. The summed E-state index contributed by atoms with van der Waals surface area (Å²) in [4.78, 5) is 25.9. The van der Waals surface area contributed by atoms with Gasteiger partial charge in [-0.05, 0) is 39.0 Å². The Morgan fingerprint density at radius 2 is 2.05 bits per heavy atom.